The van der Waals surface area contributed by atoms with Crippen molar-refractivity contribution in [3.8, 4) is 11.8 Å². The average molecular weight is 260 g/mol. The number of ether oxygens (including phenoxy) is 2. The van der Waals surface area contributed by atoms with E-state index < -0.39 is 5.97 Å². The number of esters is 1. The molecule has 19 heavy (non-hydrogen) atoms. The fourth-order valence-corrected chi connectivity index (χ4v) is 1.56. The third-order valence-electron chi connectivity index (χ3n) is 2.23. The van der Waals surface area contributed by atoms with Crippen LogP contribution in [0, 0.1) is 11.3 Å². The molecule has 0 bridgehead atoms. The Bertz CT molecular complexity index is 640. The van der Waals surface area contributed by atoms with Crippen molar-refractivity contribution < 1.29 is 18.7 Å². The minimum Gasteiger partial charge on any atom is -0.474 e. The molecule has 6 nitrogen and oxygen atoms in total. The lowest BCUT2D eigenvalue weighted by Gasteiger charge is -2.07. The van der Waals surface area contributed by atoms with Crippen molar-refractivity contribution in [1.29, 1.82) is 5.26 Å². The van der Waals surface area contributed by atoms with E-state index >= 15 is 0 Å². The molecule has 2 rings (SSSR count). The second-order valence-electron chi connectivity index (χ2n) is 4.02. The fraction of sp³-hybridized carbons (Fsp3) is 0.308. The number of nitriles is 1. The van der Waals surface area contributed by atoms with E-state index in [9.17, 15) is 4.79 Å². The molecule has 0 saturated carbocycles. The Kier molecular flexibility index (Phi) is 3.66. The van der Waals surface area contributed by atoms with Crippen LogP contribution in [0.1, 0.15) is 24.4 Å². The number of aromatic nitrogens is 1. The summed E-state index contributed by atoms with van der Waals surface area (Å²) in [5.41, 5.74) is 0.270. The van der Waals surface area contributed by atoms with Gasteiger partial charge in [-0.05, 0) is 26.0 Å². The van der Waals surface area contributed by atoms with Gasteiger partial charge in [-0.3, -0.25) is 0 Å². The van der Waals surface area contributed by atoms with E-state index in [1.807, 2.05) is 6.07 Å². The van der Waals surface area contributed by atoms with Crippen LogP contribution >= 0.6 is 0 Å². The predicted molar refractivity (Wildman–Crippen MR) is 65.7 cm³/mol. The second kappa shape index (κ2) is 5.40. The van der Waals surface area contributed by atoms with Crippen molar-refractivity contribution in [3.05, 3.63) is 24.1 Å². The number of carbonyl (C=O) groups excluding carboxylic acids is 1. The number of rotatable bonds is 4. The van der Waals surface area contributed by atoms with Crippen LogP contribution in [0.25, 0.3) is 11.1 Å². The number of nitrogens with zero attached hydrogens (tertiary/aromatic N) is 2. The quantitative estimate of drug-likeness (QED) is 0.784. The molecule has 2 aromatic heterocycles. The molecule has 0 aromatic carbocycles. The molecule has 98 valence electrons. The first kappa shape index (κ1) is 12.9. The maximum Gasteiger partial charge on any atom is 0.378 e. The summed E-state index contributed by atoms with van der Waals surface area (Å²) in [5.74, 6) is -0.520. The SMILES string of the molecule is CC(C)OC(=O)c1oc2ncccc2c1OCC#N. The van der Waals surface area contributed by atoms with E-state index in [4.69, 9.17) is 19.2 Å². The molecule has 0 amide bonds. The first-order chi connectivity index (χ1) is 9.13. The summed E-state index contributed by atoms with van der Waals surface area (Å²) in [6.45, 7) is 3.27. The summed E-state index contributed by atoms with van der Waals surface area (Å²) < 4.78 is 15.6. The van der Waals surface area contributed by atoms with Crippen LogP contribution in [0.3, 0.4) is 0 Å². The summed E-state index contributed by atoms with van der Waals surface area (Å²) in [4.78, 5) is 15.9. The highest BCUT2D eigenvalue weighted by atomic mass is 16.6. The van der Waals surface area contributed by atoms with Crippen LogP contribution < -0.4 is 4.74 Å². The van der Waals surface area contributed by atoms with Gasteiger partial charge in [0.25, 0.3) is 5.76 Å². The average Bonchev–Trinajstić information content (AvgIpc) is 2.74. The first-order valence-electron chi connectivity index (χ1n) is 5.71. The van der Waals surface area contributed by atoms with Gasteiger partial charge in [-0.1, -0.05) is 0 Å². The van der Waals surface area contributed by atoms with Gasteiger partial charge in [-0.25, -0.2) is 9.78 Å². The molecule has 0 atom stereocenters. The van der Waals surface area contributed by atoms with Gasteiger partial charge in [-0.2, -0.15) is 5.26 Å². The summed E-state index contributed by atoms with van der Waals surface area (Å²) in [6, 6.07) is 5.23. The molecule has 0 fully saturated rings. The van der Waals surface area contributed by atoms with Crippen LogP contribution in [-0.4, -0.2) is 23.7 Å². The molecule has 6 heteroatoms. The number of carbonyl (C=O) groups is 1. The van der Waals surface area contributed by atoms with E-state index in [2.05, 4.69) is 4.98 Å². The molecule has 2 aromatic rings. The number of hydrogen-bond acceptors (Lipinski definition) is 6. The first-order valence-corrected chi connectivity index (χ1v) is 5.71. The summed E-state index contributed by atoms with van der Waals surface area (Å²) in [7, 11) is 0. The van der Waals surface area contributed by atoms with Crippen molar-refractivity contribution in [1.82, 2.24) is 4.98 Å². The summed E-state index contributed by atoms with van der Waals surface area (Å²) in [6.07, 6.45) is 1.26. The third-order valence-corrected chi connectivity index (χ3v) is 2.23. The monoisotopic (exact) mass is 260 g/mol. The van der Waals surface area contributed by atoms with E-state index in [1.54, 1.807) is 26.0 Å². The van der Waals surface area contributed by atoms with Crippen LogP contribution in [-0.2, 0) is 4.74 Å². The standard InChI is InChI=1S/C13H12N2O4/c1-8(2)18-13(16)11-10(17-7-5-14)9-4-3-6-15-12(9)19-11/h3-4,6,8H,7H2,1-2H3. The smallest absolute Gasteiger partial charge is 0.378 e. The van der Waals surface area contributed by atoms with E-state index in [0.29, 0.717) is 5.39 Å². The van der Waals surface area contributed by atoms with Crippen molar-refractivity contribution in [2.24, 2.45) is 0 Å². The van der Waals surface area contributed by atoms with Gasteiger partial charge < -0.3 is 13.9 Å². The lowest BCUT2D eigenvalue weighted by Crippen LogP contribution is -2.12. The topological polar surface area (TPSA) is 85.3 Å². The molecule has 0 saturated heterocycles. The number of fused-ring (bicyclic) bond motifs is 1. The van der Waals surface area contributed by atoms with Gasteiger partial charge in [0.15, 0.2) is 12.4 Å². The van der Waals surface area contributed by atoms with Gasteiger partial charge in [-0.15, -0.1) is 0 Å². The van der Waals surface area contributed by atoms with Crippen LogP contribution in [0.15, 0.2) is 22.7 Å². The van der Waals surface area contributed by atoms with Crippen LogP contribution in [0.2, 0.25) is 0 Å². The molecule has 0 spiro atoms. The minimum absolute atomic E-state index is 0.0716. The lowest BCUT2D eigenvalue weighted by molar-refractivity contribution is 0.0338. The van der Waals surface area contributed by atoms with E-state index in [1.165, 1.54) is 6.20 Å². The van der Waals surface area contributed by atoms with Crippen molar-refractivity contribution in [3.63, 3.8) is 0 Å². The fourth-order valence-electron chi connectivity index (χ4n) is 1.56. The van der Waals surface area contributed by atoms with Crippen LogP contribution in [0.4, 0.5) is 0 Å². The maximum atomic E-state index is 11.9. The van der Waals surface area contributed by atoms with Gasteiger partial charge in [0.1, 0.15) is 6.07 Å². The Balaban J connectivity index is 2.46. The number of pyridine rings is 1. The highest BCUT2D eigenvalue weighted by Crippen LogP contribution is 2.32. The molecule has 0 aliphatic carbocycles. The zero-order valence-electron chi connectivity index (χ0n) is 10.5. The van der Waals surface area contributed by atoms with E-state index in [0.717, 1.165) is 0 Å². The third kappa shape index (κ3) is 2.65. The summed E-state index contributed by atoms with van der Waals surface area (Å²) >= 11 is 0. The second-order valence-corrected chi connectivity index (χ2v) is 4.02. The maximum absolute atomic E-state index is 11.9. The predicted octanol–water partition coefficient (Wildman–Crippen LogP) is 2.30. The molecule has 0 N–H and O–H groups in total. The van der Waals surface area contributed by atoms with Gasteiger partial charge >= 0.3 is 5.97 Å². The molecule has 0 unspecified atom stereocenters. The highest BCUT2D eigenvalue weighted by Gasteiger charge is 2.24. The largest absolute Gasteiger partial charge is 0.474 e. The summed E-state index contributed by atoms with van der Waals surface area (Å²) in [5, 5.41) is 9.11. The van der Waals surface area contributed by atoms with Gasteiger partial charge in [0.2, 0.25) is 5.71 Å². The van der Waals surface area contributed by atoms with Crippen molar-refractivity contribution in [2.45, 2.75) is 20.0 Å². The Morgan fingerprint density at radius 2 is 2.37 bits per heavy atom. The zero-order chi connectivity index (χ0) is 13.8. The minimum atomic E-state index is -0.638. The Morgan fingerprint density at radius 3 is 3.05 bits per heavy atom. The van der Waals surface area contributed by atoms with Crippen molar-refractivity contribution in [2.75, 3.05) is 6.61 Å². The van der Waals surface area contributed by atoms with Gasteiger partial charge in [0, 0.05) is 6.20 Å². The van der Waals surface area contributed by atoms with E-state index in [-0.39, 0.29) is 29.9 Å². The molecule has 0 aliphatic rings. The lowest BCUT2D eigenvalue weighted by atomic mass is 10.3. The van der Waals surface area contributed by atoms with Gasteiger partial charge in [0.05, 0.1) is 11.5 Å². The Hall–Kier alpha value is -2.55. The molecular weight excluding hydrogens is 248 g/mol. The Morgan fingerprint density at radius 1 is 1.58 bits per heavy atom. The normalized spacial score (nSPS) is 10.4. The molecule has 0 aliphatic heterocycles. The highest BCUT2D eigenvalue weighted by molar-refractivity contribution is 5.97. The van der Waals surface area contributed by atoms with Crippen LogP contribution in [0.5, 0.6) is 5.75 Å². The number of furan rings is 1. The molecule has 0 radical (unpaired) electrons. The number of hydrogen-bond donors (Lipinski definition) is 0. The zero-order valence-corrected chi connectivity index (χ0v) is 10.5. The molecular formula is C13H12N2O4. The molecule has 2 heterocycles. The van der Waals surface area contributed by atoms with Crippen molar-refractivity contribution >= 4 is 17.1 Å². The Labute approximate surface area is 109 Å².